The maximum absolute atomic E-state index is 6.56. The van der Waals surface area contributed by atoms with E-state index >= 15 is 0 Å². The second-order valence-corrected chi connectivity index (χ2v) is 8.22. The van der Waals surface area contributed by atoms with Crippen LogP contribution in [0.2, 0.25) is 0 Å². The first-order chi connectivity index (χ1) is 12.0. The van der Waals surface area contributed by atoms with Gasteiger partial charge in [-0.3, -0.25) is 0 Å². The summed E-state index contributed by atoms with van der Waals surface area (Å²) in [6, 6.07) is 0. The Labute approximate surface area is 164 Å². The quantitative estimate of drug-likeness (QED) is 0.162. The van der Waals surface area contributed by atoms with E-state index in [2.05, 4.69) is 54.2 Å². The van der Waals surface area contributed by atoms with Crippen LogP contribution < -0.4 is 0 Å². The molecule has 3 unspecified atom stereocenters. The Balaban J connectivity index is 4.88. The Morgan fingerprint density at radius 3 is 1.76 bits per heavy atom. The molecule has 0 aromatic carbocycles. The van der Waals surface area contributed by atoms with Gasteiger partial charge >= 0.3 is 0 Å². The zero-order chi connectivity index (χ0) is 19.1. The number of thiol groups is 1. The lowest BCUT2D eigenvalue weighted by molar-refractivity contribution is -0.302. The molecule has 0 aliphatic heterocycles. The van der Waals surface area contributed by atoms with E-state index in [0.29, 0.717) is 5.92 Å². The lowest BCUT2D eigenvalue weighted by Gasteiger charge is -2.43. The summed E-state index contributed by atoms with van der Waals surface area (Å²) in [6.45, 7) is 13.3. The van der Waals surface area contributed by atoms with Crippen molar-refractivity contribution >= 4 is 12.6 Å². The summed E-state index contributed by atoms with van der Waals surface area (Å²) in [6.07, 6.45) is 13.7. The van der Waals surface area contributed by atoms with Crippen LogP contribution in [0.4, 0.5) is 0 Å². The van der Waals surface area contributed by atoms with Gasteiger partial charge < -0.3 is 9.47 Å². The van der Waals surface area contributed by atoms with Gasteiger partial charge in [0.2, 0.25) is 0 Å². The van der Waals surface area contributed by atoms with Crippen molar-refractivity contribution in [3.8, 4) is 0 Å². The number of hydrogen-bond donors (Lipinski definition) is 1. The van der Waals surface area contributed by atoms with Gasteiger partial charge in [0, 0.05) is 12.3 Å². The van der Waals surface area contributed by atoms with Crippen LogP contribution in [0.25, 0.3) is 0 Å². The molecule has 0 aromatic rings. The predicted octanol–water partition coefficient (Wildman–Crippen LogP) is 7.41. The van der Waals surface area contributed by atoms with E-state index in [-0.39, 0.29) is 12.2 Å². The molecule has 0 heterocycles. The molecule has 0 amide bonds. The van der Waals surface area contributed by atoms with E-state index in [1.165, 1.54) is 44.9 Å². The summed E-state index contributed by atoms with van der Waals surface area (Å²) in [4.78, 5) is 0. The molecular weight excluding hydrogens is 328 g/mol. The third-order valence-electron chi connectivity index (χ3n) is 5.38. The van der Waals surface area contributed by atoms with E-state index in [9.17, 15) is 0 Å². The summed E-state index contributed by atoms with van der Waals surface area (Å²) in [7, 11) is 0. The minimum Gasteiger partial charge on any atom is -0.347 e. The van der Waals surface area contributed by atoms with E-state index < -0.39 is 5.79 Å². The molecule has 0 saturated heterocycles. The molecule has 0 N–H and O–H groups in total. The molecule has 0 aliphatic carbocycles. The van der Waals surface area contributed by atoms with E-state index in [0.717, 1.165) is 31.4 Å². The summed E-state index contributed by atoms with van der Waals surface area (Å²) in [5, 5.41) is 0. The van der Waals surface area contributed by atoms with Gasteiger partial charge in [0.1, 0.15) is 0 Å². The molecule has 25 heavy (non-hydrogen) atoms. The Kier molecular flexibility index (Phi) is 15.5. The predicted molar refractivity (Wildman–Crippen MR) is 115 cm³/mol. The van der Waals surface area contributed by atoms with Gasteiger partial charge in [0.05, 0.1) is 12.2 Å². The van der Waals surface area contributed by atoms with Crippen molar-refractivity contribution in [3.63, 3.8) is 0 Å². The molecule has 0 fully saturated rings. The molecule has 0 saturated carbocycles. The molecule has 2 nitrogen and oxygen atoms in total. The lowest BCUT2D eigenvalue weighted by atomic mass is 9.89. The maximum Gasteiger partial charge on any atom is 0.171 e. The molecule has 3 heteroatoms. The standard InChI is InChI=1S/C22H46O2S/c1-7-10-11-12-13-14-16-19(4)22(17-15-18-25,23-20(5)8-2)24-21(6)9-3/h19-21,25H,7-18H2,1-6H3. The Hall–Kier alpha value is 0.270. The number of rotatable bonds is 17. The van der Waals surface area contributed by atoms with Crippen LogP contribution in [0.3, 0.4) is 0 Å². The van der Waals surface area contributed by atoms with E-state index in [1.54, 1.807) is 0 Å². The highest BCUT2D eigenvalue weighted by Crippen LogP contribution is 2.36. The maximum atomic E-state index is 6.56. The van der Waals surface area contributed by atoms with Gasteiger partial charge in [0.25, 0.3) is 0 Å². The fourth-order valence-electron chi connectivity index (χ4n) is 3.25. The van der Waals surface area contributed by atoms with Gasteiger partial charge in [0.15, 0.2) is 5.79 Å². The van der Waals surface area contributed by atoms with Crippen LogP contribution in [0.15, 0.2) is 0 Å². The second-order valence-electron chi connectivity index (χ2n) is 7.77. The zero-order valence-corrected chi connectivity index (χ0v) is 18.9. The van der Waals surface area contributed by atoms with Gasteiger partial charge in [-0.1, -0.05) is 66.2 Å². The van der Waals surface area contributed by atoms with Crippen LogP contribution in [0, 0.1) is 5.92 Å². The van der Waals surface area contributed by atoms with Crippen molar-refractivity contribution in [2.24, 2.45) is 5.92 Å². The van der Waals surface area contributed by atoms with Crippen LogP contribution in [-0.4, -0.2) is 23.7 Å². The van der Waals surface area contributed by atoms with Gasteiger partial charge in [-0.25, -0.2) is 0 Å². The Morgan fingerprint density at radius 2 is 1.28 bits per heavy atom. The fourth-order valence-corrected chi connectivity index (χ4v) is 3.41. The van der Waals surface area contributed by atoms with Crippen molar-refractivity contribution < 1.29 is 9.47 Å². The summed E-state index contributed by atoms with van der Waals surface area (Å²) in [5.41, 5.74) is 0. The third kappa shape index (κ3) is 10.9. The molecule has 0 bridgehead atoms. The first-order valence-electron chi connectivity index (χ1n) is 10.9. The topological polar surface area (TPSA) is 18.5 Å². The van der Waals surface area contributed by atoms with Crippen molar-refractivity contribution in [1.29, 1.82) is 0 Å². The normalized spacial score (nSPS) is 17.9. The molecule has 3 atom stereocenters. The van der Waals surface area contributed by atoms with Gasteiger partial charge in [-0.2, -0.15) is 12.6 Å². The molecule has 0 rings (SSSR count). The third-order valence-corrected chi connectivity index (χ3v) is 5.69. The van der Waals surface area contributed by atoms with E-state index in [1.807, 2.05) is 0 Å². The fraction of sp³-hybridized carbons (Fsp3) is 1.00. The number of unbranched alkanes of at least 4 members (excludes halogenated alkanes) is 5. The number of hydrogen-bond acceptors (Lipinski definition) is 3. The molecule has 0 radical (unpaired) electrons. The van der Waals surface area contributed by atoms with Crippen LogP contribution in [-0.2, 0) is 9.47 Å². The highest BCUT2D eigenvalue weighted by Gasteiger charge is 2.40. The first kappa shape index (κ1) is 25.3. The van der Waals surface area contributed by atoms with E-state index in [4.69, 9.17) is 9.47 Å². The molecule has 152 valence electrons. The smallest absolute Gasteiger partial charge is 0.171 e. The van der Waals surface area contributed by atoms with Gasteiger partial charge in [-0.15, -0.1) is 0 Å². The monoisotopic (exact) mass is 374 g/mol. The summed E-state index contributed by atoms with van der Waals surface area (Å²) >= 11 is 4.44. The Morgan fingerprint density at radius 1 is 0.760 bits per heavy atom. The summed E-state index contributed by atoms with van der Waals surface area (Å²) < 4.78 is 13.1. The van der Waals surface area contributed by atoms with Crippen LogP contribution in [0.5, 0.6) is 0 Å². The van der Waals surface area contributed by atoms with Crippen LogP contribution >= 0.6 is 12.6 Å². The first-order valence-corrected chi connectivity index (χ1v) is 11.5. The summed E-state index contributed by atoms with van der Waals surface area (Å²) in [5.74, 6) is 0.859. The average Bonchev–Trinajstić information content (AvgIpc) is 2.61. The largest absolute Gasteiger partial charge is 0.347 e. The number of ether oxygens (including phenoxy) is 2. The molecular formula is C22H46O2S. The van der Waals surface area contributed by atoms with Crippen molar-refractivity contribution in [2.45, 2.75) is 130 Å². The van der Waals surface area contributed by atoms with Crippen molar-refractivity contribution in [1.82, 2.24) is 0 Å². The second kappa shape index (κ2) is 15.3. The minimum absolute atomic E-state index is 0.232. The van der Waals surface area contributed by atoms with Crippen molar-refractivity contribution in [3.05, 3.63) is 0 Å². The SMILES string of the molecule is CCCCCCCCC(C)C(CCCS)(OC(C)CC)OC(C)CC. The average molecular weight is 375 g/mol. The van der Waals surface area contributed by atoms with Crippen molar-refractivity contribution in [2.75, 3.05) is 5.75 Å². The molecule has 0 aromatic heterocycles. The van der Waals surface area contributed by atoms with Gasteiger partial charge in [-0.05, 0) is 45.3 Å². The molecule has 0 aliphatic rings. The zero-order valence-electron chi connectivity index (χ0n) is 18.0. The highest BCUT2D eigenvalue weighted by atomic mass is 32.1. The lowest BCUT2D eigenvalue weighted by Crippen LogP contribution is -2.47. The Bertz CT molecular complexity index is 284. The minimum atomic E-state index is -0.447. The highest BCUT2D eigenvalue weighted by molar-refractivity contribution is 7.80. The molecule has 0 spiro atoms. The van der Waals surface area contributed by atoms with Crippen LogP contribution in [0.1, 0.15) is 112 Å².